The maximum atomic E-state index is 10.3. The van der Waals surface area contributed by atoms with Gasteiger partial charge in [0.1, 0.15) is 0 Å². The number of aromatic nitrogens is 4. The van der Waals surface area contributed by atoms with E-state index in [4.69, 9.17) is 9.52 Å². The van der Waals surface area contributed by atoms with Crippen molar-refractivity contribution in [3.05, 3.63) is 11.3 Å². The molecule has 0 aliphatic carbocycles. The highest BCUT2D eigenvalue weighted by Crippen LogP contribution is 2.16. The summed E-state index contributed by atoms with van der Waals surface area (Å²) in [5.74, 6) is -0.0910. The smallest absolute Gasteiger partial charge is 0.303 e. The van der Waals surface area contributed by atoms with Crippen molar-refractivity contribution in [2.24, 2.45) is 0 Å². The van der Waals surface area contributed by atoms with Gasteiger partial charge in [-0.1, -0.05) is 4.49 Å². The minimum Gasteiger partial charge on any atom is -0.481 e. The number of hydrogen-bond donors (Lipinski definition) is 1. The molecule has 0 unspecified atom stereocenters. The number of aliphatic carboxylic acids is 1. The molecular weight excluding hydrogens is 232 g/mol. The maximum Gasteiger partial charge on any atom is 0.303 e. The molecule has 0 amide bonds. The summed E-state index contributed by atoms with van der Waals surface area (Å²) in [6.45, 7) is 0. The Balaban J connectivity index is 1.95. The van der Waals surface area contributed by atoms with Gasteiger partial charge in [-0.2, -0.15) is 0 Å². The maximum absolute atomic E-state index is 10.3. The molecule has 16 heavy (non-hydrogen) atoms. The molecule has 8 heteroatoms. The van der Waals surface area contributed by atoms with Crippen LogP contribution >= 0.6 is 11.5 Å². The quantitative estimate of drug-likeness (QED) is 0.831. The topological polar surface area (TPSA) is 102 Å². The molecular formula is C8H8N4O3S. The fourth-order valence-corrected chi connectivity index (χ4v) is 1.54. The molecule has 84 valence electrons. The highest BCUT2D eigenvalue weighted by molar-refractivity contribution is 7.03. The summed E-state index contributed by atoms with van der Waals surface area (Å²) < 4.78 is 8.98. The van der Waals surface area contributed by atoms with Gasteiger partial charge in [0.15, 0.2) is 5.69 Å². The van der Waals surface area contributed by atoms with Crippen LogP contribution in [0.4, 0.5) is 0 Å². The third kappa shape index (κ3) is 2.60. The molecule has 0 atom stereocenters. The lowest BCUT2D eigenvalue weighted by atomic mass is 10.2. The van der Waals surface area contributed by atoms with Gasteiger partial charge in [0.05, 0.1) is 0 Å². The molecule has 7 nitrogen and oxygen atoms in total. The van der Waals surface area contributed by atoms with Gasteiger partial charge in [0.25, 0.3) is 5.89 Å². The molecule has 0 saturated heterocycles. The third-order valence-electron chi connectivity index (χ3n) is 1.83. The fraction of sp³-hybridized carbons (Fsp3) is 0.375. The third-order valence-corrected chi connectivity index (χ3v) is 2.33. The molecule has 0 saturated carbocycles. The number of nitrogens with zero attached hydrogens (tertiary/aromatic N) is 4. The lowest BCUT2D eigenvalue weighted by Crippen LogP contribution is -1.95. The van der Waals surface area contributed by atoms with E-state index in [-0.39, 0.29) is 6.42 Å². The first kappa shape index (κ1) is 10.7. The summed E-state index contributed by atoms with van der Waals surface area (Å²) in [7, 11) is 0. The van der Waals surface area contributed by atoms with Gasteiger partial charge in [-0.05, 0) is 18.0 Å². The number of carbonyl (C=O) groups is 1. The fourth-order valence-electron chi connectivity index (χ4n) is 1.11. The molecule has 1 N–H and O–H groups in total. The van der Waals surface area contributed by atoms with Gasteiger partial charge in [0.2, 0.25) is 5.89 Å². The molecule has 0 fully saturated rings. The highest BCUT2D eigenvalue weighted by atomic mass is 32.1. The van der Waals surface area contributed by atoms with Crippen molar-refractivity contribution in [1.82, 2.24) is 19.8 Å². The van der Waals surface area contributed by atoms with Crippen LogP contribution in [0.3, 0.4) is 0 Å². The average Bonchev–Trinajstić information content (AvgIpc) is 2.85. The second-order valence-corrected chi connectivity index (χ2v) is 3.65. The first-order valence-corrected chi connectivity index (χ1v) is 5.41. The molecule has 0 radical (unpaired) electrons. The van der Waals surface area contributed by atoms with Crippen molar-refractivity contribution < 1.29 is 14.3 Å². The summed E-state index contributed by atoms with van der Waals surface area (Å²) in [5, 5.41) is 21.5. The van der Waals surface area contributed by atoms with E-state index >= 15 is 0 Å². The van der Waals surface area contributed by atoms with E-state index in [1.54, 1.807) is 5.38 Å². The largest absolute Gasteiger partial charge is 0.481 e. The number of hydrogen-bond acceptors (Lipinski definition) is 7. The molecule has 0 aliphatic rings. The van der Waals surface area contributed by atoms with Crippen molar-refractivity contribution in [3.63, 3.8) is 0 Å². The number of rotatable bonds is 5. The van der Waals surface area contributed by atoms with Crippen LogP contribution in [0.1, 0.15) is 18.7 Å². The Labute approximate surface area is 94.3 Å². The van der Waals surface area contributed by atoms with Gasteiger partial charge in [-0.3, -0.25) is 4.79 Å². The van der Waals surface area contributed by atoms with E-state index in [9.17, 15) is 4.79 Å². The second-order valence-electron chi connectivity index (χ2n) is 3.04. The Hall–Kier alpha value is -1.83. The van der Waals surface area contributed by atoms with Crippen molar-refractivity contribution in [1.29, 1.82) is 0 Å². The lowest BCUT2D eigenvalue weighted by molar-refractivity contribution is -0.137. The predicted octanol–water partition coefficient (Wildman–Crippen LogP) is 0.995. The summed E-state index contributed by atoms with van der Waals surface area (Å²) in [4.78, 5) is 10.3. The Kier molecular flexibility index (Phi) is 3.20. The zero-order valence-electron chi connectivity index (χ0n) is 8.16. The minimum absolute atomic E-state index is 0.0932. The molecule has 0 bridgehead atoms. The van der Waals surface area contributed by atoms with E-state index < -0.39 is 5.97 Å². The molecule has 0 aromatic carbocycles. The molecule has 2 aromatic rings. The van der Waals surface area contributed by atoms with Crippen molar-refractivity contribution in [2.75, 3.05) is 0 Å². The van der Waals surface area contributed by atoms with Crippen LogP contribution in [0, 0.1) is 0 Å². The van der Waals surface area contributed by atoms with Crippen LogP contribution < -0.4 is 0 Å². The van der Waals surface area contributed by atoms with Gasteiger partial charge < -0.3 is 9.52 Å². The van der Waals surface area contributed by atoms with E-state index in [1.165, 1.54) is 11.5 Å². The SMILES string of the molecule is O=C(O)CCCc1nnc(-c2csnn2)o1. The Bertz CT molecular complexity index is 467. The zero-order chi connectivity index (χ0) is 11.4. The van der Waals surface area contributed by atoms with Gasteiger partial charge in [0, 0.05) is 18.2 Å². The predicted molar refractivity (Wildman–Crippen MR) is 53.8 cm³/mol. The summed E-state index contributed by atoms with van der Waals surface area (Å²) in [5.41, 5.74) is 0.544. The van der Waals surface area contributed by atoms with Crippen LogP contribution in [-0.2, 0) is 11.2 Å². The standard InChI is InChI=1S/C8H8N4O3S/c13-7(14)3-1-2-6-10-11-8(15-6)5-4-16-12-9-5/h4H,1-3H2,(H,13,14). The van der Waals surface area contributed by atoms with Crippen molar-refractivity contribution >= 4 is 17.5 Å². The Morgan fingerprint density at radius 3 is 3.00 bits per heavy atom. The first-order chi connectivity index (χ1) is 7.75. The van der Waals surface area contributed by atoms with Crippen molar-refractivity contribution in [3.8, 4) is 11.6 Å². The van der Waals surface area contributed by atoms with Crippen LogP contribution in [0.2, 0.25) is 0 Å². The minimum atomic E-state index is -0.830. The molecule has 2 heterocycles. The number of aryl methyl sites for hydroxylation is 1. The molecule has 0 aliphatic heterocycles. The Morgan fingerprint density at radius 1 is 1.44 bits per heavy atom. The van der Waals surface area contributed by atoms with Gasteiger partial charge >= 0.3 is 5.97 Å². The zero-order valence-corrected chi connectivity index (χ0v) is 8.98. The number of carboxylic acid groups (broad SMARTS) is 1. The van der Waals surface area contributed by atoms with E-state index in [0.29, 0.717) is 30.3 Å². The monoisotopic (exact) mass is 240 g/mol. The second kappa shape index (κ2) is 4.79. The van der Waals surface area contributed by atoms with Gasteiger partial charge in [-0.15, -0.1) is 15.3 Å². The lowest BCUT2D eigenvalue weighted by Gasteiger charge is -1.91. The highest BCUT2D eigenvalue weighted by Gasteiger charge is 2.10. The van der Waals surface area contributed by atoms with Gasteiger partial charge in [-0.25, -0.2) is 0 Å². The summed E-state index contributed by atoms with van der Waals surface area (Å²) in [6, 6.07) is 0. The molecule has 0 spiro atoms. The van der Waals surface area contributed by atoms with E-state index in [1.807, 2.05) is 0 Å². The summed E-state index contributed by atoms with van der Waals surface area (Å²) in [6.07, 6.45) is 1.03. The molecule has 2 rings (SSSR count). The average molecular weight is 240 g/mol. The van der Waals surface area contributed by atoms with Crippen LogP contribution in [0.15, 0.2) is 9.80 Å². The van der Waals surface area contributed by atoms with Crippen LogP contribution in [-0.4, -0.2) is 30.9 Å². The summed E-state index contributed by atoms with van der Waals surface area (Å²) >= 11 is 1.20. The van der Waals surface area contributed by atoms with E-state index in [2.05, 4.69) is 19.8 Å². The van der Waals surface area contributed by atoms with Crippen molar-refractivity contribution in [2.45, 2.75) is 19.3 Å². The normalized spacial score (nSPS) is 10.5. The number of carboxylic acids is 1. The first-order valence-electron chi connectivity index (χ1n) is 4.57. The van der Waals surface area contributed by atoms with Crippen LogP contribution in [0.5, 0.6) is 0 Å². The Morgan fingerprint density at radius 2 is 2.31 bits per heavy atom. The molecule has 2 aromatic heterocycles. The van der Waals surface area contributed by atoms with Crippen LogP contribution in [0.25, 0.3) is 11.6 Å². The van der Waals surface area contributed by atoms with E-state index in [0.717, 1.165) is 0 Å².